The molecule has 0 bridgehead atoms. The lowest BCUT2D eigenvalue weighted by atomic mass is 9.98. The maximum atomic E-state index is 13.2. The van der Waals surface area contributed by atoms with Crippen molar-refractivity contribution in [3.05, 3.63) is 94.2 Å². The van der Waals surface area contributed by atoms with Gasteiger partial charge in [0.15, 0.2) is 0 Å². The first-order valence-corrected chi connectivity index (χ1v) is 17.6. The van der Waals surface area contributed by atoms with Crippen LogP contribution in [0.4, 0.5) is 4.79 Å². The summed E-state index contributed by atoms with van der Waals surface area (Å²) in [6.07, 6.45) is -0.581. The van der Waals surface area contributed by atoms with Gasteiger partial charge in [0.05, 0.1) is 29.3 Å². The third-order valence-electron chi connectivity index (χ3n) is 9.06. The van der Waals surface area contributed by atoms with E-state index in [1.54, 1.807) is 26.8 Å². The van der Waals surface area contributed by atoms with Crippen molar-refractivity contribution in [1.29, 1.82) is 0 Å². The number of benzene rings is 3. The van der Waals surface area contributed by atoms with E-state index in [1.807, 2.05) is 48.5 Å². The number of alkyl carbamates (subject to hydrolysis) is 1. The van der Waals surface area contributed by atoms with Gasteiger partial charge in [-0.2, -0.15) is 0 Å². The number of hydrogen-bond acceptors (Lipinski definition) is 9. The summed E-state index contributed by atoms with van der Waals surface area (Å²) in [5, 5.41) is 23.3. The Kier molecular flexibility index (Phi) is 10.9. The third kappa shape index (κ3) is 7.66. The molecule has 0 spiro atoms. The quantitative estimate of drug-likeness (QED) is 0.0988. The number of aliphatic carboxylic acids is 1. The van der Waals surface area contributed by atoms with Crippen LogP contribution in [0, 0.1) is 20.8 Å². The van der Waals surface area contributed by atoms with E-state index >= 15 is 0 Å². The van der Waals surface area contributed by atoms with Gasteiger partial charge in [-0.3, -0.25) is 9.98 Å². The zero-order valence-corrected chi connectivity index (χ0v) is 29.1. The van der Waals surface area contributed by atoms with Gasteiger partial charge in [0, 0.05) is 25.1 Å². The minimum atomic E-state index is -4.07. The number of rotatable bonds is 13. The Hall–Kier alpha value is -5.21. The molecule has 3 aromatic rings. The van der Waals surface area contributed by atoms with Gasteiger partial charge < -0.3 is 30.7 Å². The molecule has 1 heterocycles. The highest BCUT2D eigenvalue weighted by Gasteiger charge is 2.32. The predicted octanol–water partition coefficient (Wildman–Crippen LogP) is 4.08. The van der Waals surface area contributed by atoms with Crippen LogP contribution in [0.1, 0.15) is 53.0 Å². The molecule has 6 N–H and O–H groups in total. The number of aliphatic hydroxyl groups excluding tert-OH is 1. The summed E-state index contributed by atoms with van der Waals surface area (Å²) in [5.74, 6) is -1.08. The molecule has 14 heteroatoms. The average Bonchev–Trinajstić information content (AvgIpc) is 3.70. The maximum Gasteiger partial charge on any atom is 0.407 e. The summed E-state index contributed by atoms with van der Waals surface area (Å²) in [6.45, 7) is 5.22. The van der Waals surface area contributed by atoms with E-state index in [9.17, 15) is 28.2 Å². The van der Waals surface area contributed by atoms with E-state index in [4.69, 9.17) is 15.2 Å². The Bertz CT molecular complexity index is 1960. The van der Waals surface area contributed by atoms with Crippen molar-refractivity contribution in [2.45, 2.75) is 63.0 Å². The van der Waals surface area contributed by atoms with Crippen LogP contribution >= 0.6 is 0 Å². The number of nitrogens with zero attached hydrogens (tertiary/aromatic N) is 2. The molecule has 2 atom stereocenters. The van der Waals surface area contributed by atoms with Crippen molar-refractivity contribution in [3.8, 4) is 16.9 Å². The number of aliphatic hydroxyl groups is 1. The number of nitrogens with one attached hydrogen (secondary N) is 2. The van der Waals surface area contributed by atoms with Gasteiger partial charge in [-0.05, 0) is 78.6 Å². The van der Waals surface area contributed by atoms with Crippen LogP contribution in [0.5, 0.6) is 5.75 Å². The number of methoxy groups -OCH3 is 1. The molecule has 1 aliphatic heterocycles. The van der Waals surface area contributed by atoms with Crippen molar-refractivity contribution in [2.24, 2.45) is 15.7 Å². The van der Waals surface area contributed by atoms with Gasteiger partial charge in [0.2, 0.25) is 5.96 Å². The second-order valence-corrected chi connectivity index (χ2v) is 13.9. The fraction of sp³-hybridized carbons (Fsp3) is 0.333. The van der Waals surface area contributed by atoms with Crippen LogP contribution in [0.15, 0.2) is 81.3 Å². The predicted molar refractivity (Wildman–Crippen MR) is 189 cm³/mol. The number of hydrogen-bond donors (Lipinski definition) is 5. The molecule has 1 aliphatic carbocycles. The summed E-state index contributed by atoms with van der Waals surface area (Å²) in [4.78, 5) is 32.9. The number of guanidine groups is 1. The summed E-state index contributed by atoms with van der Waals surface area (Å²) < 4.78 is 39.8. The molecular formula is C36H41N5O8S. The molecule has 50 heavy (non-hydrogen) atoms. The fourth-order valence-corrected chi connectivity index (χ4v) is 7.95. The molecular weight excluding hydrogens is 662 g/mol. The summed E-state index contributed by atoms with van der Waals surface area (Å²) in [6, 6.07) is 16.6. The number of carbonyl (C=O) groups is 2. The van der Waals surface area contributed by atoms with E-state index in [2.05, 4.69) is 20.0 Å². The minimum Gasteiger partial charge on any atom is -0.496 e. The molecule has 2 aliphatic rings. The molecule has 5 rings (SSSR count). The van der Waals surface area contributed by atoms with Crippen molar-refractivity contribution in [2.75, 3.05) is 20.3 Å². The minimum absolute atomic E-state index is 0.0149. The number of carbonyl (C=O) groups excluding carboxylic acids is 1. The topological polar surface area (TPSA) is 202 Å². The summed E-state index contributed by atoms with van der Waals surface area (Å²) in [5.41, 5.74) is 12.1. The zero-order chi connectivity index (χ0) is 36.2. The molecule has 0 fully saturated rings. The number of aliphatic imine (C=N–C) groups is 2. The number of fused-ring (bicyclic) bond motifs is 3. The SMILES string of the molecule is COc1cc(C)c(S(=O)(=O)NC(N)=NCCC[C@H](NC(=O)OCC2c3ccccc3-c3ccccc32)C(O)C2=NC=C(C(=O)O)C2)c(C)c1C. The molecule has 0 aromatic heterocycles. The van der Waals surface area contributed by atoms with E-state index in [1.165, 1.54) is 13.3 Å². The lowest BCUT2D eigenvalue weighted by Crippen LogP contribution is -2.47. The number of ether oxygens (including phenoxy) is 2. The first-order chi connectivity index (χ1) is 23.8. The van der Waals surface area contributed by atoms with Gasteiger partial charge in [-0.15, -0.1) is 0 Å². The number of amides is 1. The molecule has 13 nitrogen and oxygen atoms in total. The van der Waals surface area contributed by atoms with E-state index < -0.39 is 34.2 Å². The number of sulfonamides is 1. The Morgan fingerprint density at radius 3 is 2.30 bits per heavy atom. The average molecular weight is 704 g/mol. The fourth-order valence-electron chi connectivity index (χ4n) is 6.47. The standard InChI is InChI=1S/C36H41N5O8S/c1-20-16-31(48-4)21(2)22(3)33(20)50(46,47)41-35(37)38-15-9-14-29(32(42)30-17-23(18-39-30)34(43)44)40-36(45)49-19-28-26-12-7-5-10-24(26)25-11-6-8-13-27(25)28/h5-8,10-13,16,18,28-29,32,42H,9,14-15,17,19H2,1-4H3,(H,40,45)(H,43,44)(H3,37,38,41)/t29-,32?/m0/s1. The molecule has 3 aromatic carbocycles. The molecule has 0 radical (unpaired) electrons. The molecule has 1 unspecified atom stereocenters. The summed E-state index contributed by atoms with van der Waals surface area (Å²) >= 11 is 0. The van der Waals surface area contributed by atoms with E-state index in [0.717, 1.165) is 22.3 Å². The first-order valence-electron chi connectivity index (χ1n) is 16.1. The molecule has 1 amide bonds. The van der Waals surface area contributed by atoms with Crippen LogP contribution in [0.2, 0.25) is 0 Å². The molecule has 0 saturated heterocycles. The van der Waals surface area contributed by atoms with Crippen LogP contribution in [0.25, 0.3) is 11.1 Å². The smallest absolute Gasteiger partial charge is 0.407 e. The number of nitrogens with two attached hydrogens (primary N) is 1. The Labute approximate surface area is 291 Å². The molecule has 264 valence electrons. The monoisotopic (exact) mass is 703 g/mol. The Morgan fingerprint density at radius 1 is 1.06 bits per heavy atom. The highest BCUT2D eigenvalue weighted by atomic mass is 32.2. The second kappa shape index (κ2) is 15.1. The van der Waals surface area contributed by atoms with Crippen LogP contribution in [-0.2, 0) is 19.6 Å². The molecule has 0 saturated carbocycles. The zero-order valence-electron chi connectivity index (χ0n) is 28.3. The lowest BCUT2D eigenvalue weighted by molar-refractivity contribution is -0.132. The Balaban J connectivity index is 1.24. The largest absolute Gasteiger partial charge is 0.496 e. The maximum absolute atomic E-state index is 13.2. The van der Waals surface area contributed by atoms with Gasteiger partial charge in [0.25, 0.3) is 10.0 Å². The van der Waals surface area contributed by atoms with Gasteiger partial charge in [-0.1, -0.05) is 48.5 Å². The summed E-state index contributed by atoms with van der Waals surface area (Å²) in [7, 11) is -2.56. The third-order valence-corrected chi connectivity index (χ3v) is 10.7. The van der Waals surface area contributed by atoms with Crippen LogP contribution in [0.3, 0.4) is 0 Å². The van der Waals surface area contributed by atoms with Crippen molar-refractivity contribution in [3.63, 3.8) is 0 Å². The number of aryl methyl sites for hydroxylation is 1. The van der Waals surface area contributed by atoms with E-state index in [0.29, 0.717) is 22.4 Å². The van der Waals surface area contributed by atoms with Gasteiger partial charge in [-0.25, -0.2) is 22.7 Å². The number of carboxylic acid groups (broad SMARTS) is 1. The van der Waals surface area contributed by atoms with Gasteiger partial charge >= 0.3 is 12.1 Å². The second-order valence-electron chi connectivity index (χ2n) is 12.3. The lowest BCUT2D eigenvalue weighted by Gasteiger charge is -2.24. The van der Waals surface area contributed by atoms with Crippen LogP contribution < -0.4 is 20.5 Å². The number of carboxylic acids is 1. The Morgan fingerprint density at radius 2 is 1.70 bits per heavy atom. The van der Waals surface area contributed by atoms with Crippen LogP contribution in [-0.4, -0.2) is 74.8 Å². The van der Waals surface area contributed by atoms with Crippen molar-refractivity contribution < 1.29 is 37.7 Å². The first kappa shape index (κ1) is 36.1. The van der Waals surface area contributed by atoms with Crippen molar-refractivity contribution in [1.82, 2.24) is 10.0 Å². The van der Waals surface area contributed by atoms with Gasteiger partial charge in [0.1, 0.15) is 18.5 Å². The van der Waals surface area contributed by atoms with Crippen molar-refractivity contribution >= 4 is 33.8 Å². The highest BCUT2D eigenvalue weighted by molar-refractivity contribution is 7.90. The van der Waals surface area contributed by atoms with E-state index in [-0.39, 0.29) is 60.5 Å². The normalized spacial score (nSPS) is 15.3. The highest BCUT2D eigenvalue weighted by Crippen LogP contribution is 2.44.